The molecule has 78 valence electrons. The van der Waals surface area contributed by atoms with E-state index in [1.807, 2.05) is 0 Å². The van der Waals surface area contributed by atoms with Crippen LogP contribution in [0.2, 0.25) is 0 Å². The zero-order chi connectivity index (χ0) is 11.2. The Bertz CT molecular complexity index is 268. The van der Waals surface area contributed by atoms with Gasteiger partial charge < -0.3 is 9.47 Å². The van der Waals surface area contributed by atoms with Crippen LogP contribution in [0.15, 0.2) is 11.8 Å². The second kappa shape index (κ2) is 5.28. The fourth-order valence-electron chi connectivity index (χ4n) is 0.620. The van der Waals surface area contributed by atoms with Crippen molar-refractivity contribution in [2.75, 3.05) is 6.61 Å². The van der Waals surface area contributed by atoms with E-state index in [0.717, 1.165) is 6.26 Å². The molecule has 4 nitrogen and oxygen atoms in total. The highest BCUT2D eigenvalue weighted by molar-refractivity contribution is 5.92. The summed E-state index contributed by atoms with van der Waals surface area (Å²) in [6.07, 6.45) is 1.12. The van der Waals surface area contributed by atoms with Gasteiger partial charge in [0.05, 0.1) is 6.61 Å². The van der Waals surface area contributed by atoms with Crippen LogP contribution in [0.4, 0.5) is 0 Å². The average molecular weight is 197 g/mol. The van der Waals surface area contributed by atoms with Gasteiger partial charge in [0.1, 0.15) is 17.9 Å². The van der Waals surface area contributed by atoms with Gasteiger partial charge in [-0.25, -0.2) is 4.79 Å². The highest BCUT2D eigenvalue weighted by Crippen LogP contribution is 2.10. The zero-order valence-electron chi connectivity index (χ0n) is 8.96. The molecule has 0 radical (unpaired) electrons. The van der Waals surface area contributed by atoms with Crippen LogP contribution < -0.4 is 0 Å². The first-order chi connectivity index (χ1) is 6.40. The maximum absolute atomic E-state index is 11.3. The lowest BCUT2D eigenvalue weighted by Gasteiger charge is -2.18. The van der Waals surface area contributed by atoms with Gasteiger partial charge in [-0.05, 0) is 27.7 Å². The van der Waals surface area contributed by atoms with Crippen LogP contribution in [-0.4, -0.2) is 18.2 Å². The number of nitrogens with zero attached hydrogens (tertiary/aromatic N) is 1. The van der Waals surface area contributed by atoms with Crippen molar-refractivity contribution in [1.29, 1.82) is 5.26 Å². The molecule has 0 atom stereocenters. The molecular formula is C10H15NO3. The van der Waals surface area contributed by atoms with Crippen molar-refractivity contribution >= 4 is 5.97 Å². The Balaban J connectivity index is 4.43. The fourth-order valence-corrected chi connectivity index (χ4v) is 0.620. The number of carbonyl (C=O) groups is 1. The van der Waals surface area contributed by atoms with E-state index < -0.39 is 11.6 Å². The number of carbonyl (C=O) groups excluding carboxylic acids is 1. The van der Waals surface area contributed by atoms with Crippen molar-refractivity contribution in [2.24, 2.45) is 0 Å². The molecule has 0 aliphatic rings. The van der Waals surface area contributed by atoms with Crippen LogP contribution in [0.1, 0.15) is 27.7 Å². The van der Waals surface area contributed by atoms with Gasteiger partial charge in [-0.3, -0.25) is 0 Å². The first kappa shape index (κ1) is 12.5. The summed E-state index contributed by atoms with van der Waals surface area (Å²) in [5, 5.41) is 8.62. The first-order valence-electron chi connectivity index (χ1n) is 4.36. The van der Waals surface area contributed by atoms with Crippen molar-refractivity contribution in [2.45, 2.75) is 33.3 Å². The molecule has 14 heavy (non-hydrogen) atoms. The highest BCUT2D eigenvalue weighted by atomic mass is 16.6. The number of ether oxygens (including phenoxy) is 2. The van der Waals surface area contributed by atoms with Gasteiger partial charge in [0.25, 0.3) is 0 Å². The van der Waals surface area contributed by atoms with E-state index in [1.54, 1.807) is 33.8 Å². The van der Waals surface area contributed by atoms with Crippen molar-refractivity contribution in [3.63, 3.8) is 0 Å². The number of esters is 1. The lowest BCUT2D eigenvalue weighted by molar-refractivity contribution is -0.149. The molecule has 0 bridgehead atoms. The topological polar surface area (TPSA) is 59.3 Å². The summed E-state index contributed by atoms with van der Waals surface area (Å²) in [4.78, 5) is 11.3. The quantitative estimate of drug-likeness (QED) is 0.299. The van der Waals surface area contributed by atoms with Crippen molar-refractivity contribution in [1.82, 2.24) is 0 Å². The first-order valence-corrected chi connectivity index (χ1v) is 4.36. The molecule has 0 heterocycles. The van der Waals surface area contributed by atoms with E-state index in [0.29, 0.717) is 6.61 Å². The van der Waals surface area contributed by atoms with Crippen LogP contribution in [0, 0.1) is 11.3 Å². The molecule has 0 saturated carbocycles. The Labute approximate surface area is 84.1 Å². The standard InChI is InChI=1S/C10H15NO3/c1-5-13-7-8(6-11)9(12)14-10(2,3)4/h7H,5H2,1-4H3/b8-7-. The molecule has 0 aromatic heterocycles. The smallest absolute Gasteiger partial charge is 0.352 e. The van der Waals surface area contributed by atoms with E-state index in [9.17, 15) is 4.79 Å². The minimum Gasteiger partial charge on any atom is -0.500 e. The predicted molar refractivity (Wildman–Crippen MR) is 51.2 cm³/mol. The summed E-state index contributed by atoms with van der Waals surface area (Å²) in [5.41, 5.74) is -0.721. The number of hydrogen-bond donors (Lipinski definition) is 0. The Kier molecular flexibility index (Phi) is 4.71. The number of nitriles is 1. The van der Waals surface area contributed by atoms with Gasteiger partial charge in [-0.1, -0.05) is 0 Å². The summed E-state index contributed by atoms with van der Waals surface area (Å²) in [6, 6.07) is 1.72. The van der Waals surface area contributed by atoms with Gasteiger partial charge in [0, 0.05) is 0 Å². The molecule has 0 N–H and O–H groups in total. The summed E-state index contributed by atoms with van der Waals surface area (Å²) in [5.74, 6) is -0.659. The van der Waals surface area contributed by atoms with E-state index in [-0.39, 0.29) is 5.57 Å². The van der Waals surface area contributed by atoms with E-state index in [2.05, 4.69) is 0 Å². The normalized spacial score (nSPS) is 11.8. The molecular weight excluding hydrogens is 182 g/mol. The van der Waals surface area contributed by atoms with Crippen LogP contribution in [0.3, 0.4) is 0 Å². The summed E-state index contributed by atoms with van der Waals surface area (Å²) in [6.45, 7) is 7.39. The van der Waals surface area contributed by atoms with Crippen molar-refractivity contribution in [3.05, 3.63) is 11.8 Å². The zero-order valence-corrected chi connectivity index (χ0v) is 8.96. The molecule has 0 aromatic carbocycles. The molecule has 0 aliphatic heterocycles. The van der Waals surface area contributed by atoms with Gasteiger partial charge in [0.15, 0.2) is 5.57 Å². The molecule has 0 amide bonds. The molecule has 0 unspecified atom stereocenters. The van der Waals surface area contributed by atoms with E-state index >= 15 is 0 Å². The molecule has 0 spiro atoms. The van der Waals surface area contributed by atoms with Crippen molar-refractivity contribution in [3.8, 4) is 6.07 Å². The van der Waals surface area contributed by atoms with Crippen LogP contribution in [0.25, 0.3) is 0 Å². The molecule has 0 rings (SSSR count). The largest absolute Gasteiger partial charge is 0.500 e. The SMILES string of the molecule is CCO/C=C(/C#N)C(=O)OC(C)(C)C. The molecule has 0 aromatic rings. The predicted octanol–water partition coefficient (Wildman–Crippen LogP) is 1.77. The minimum absolute atomic E-state index is 0.123. The lowest BCUT2D eigenvalue weighted by Crippen LogP contribution is -2.24. The third kappa shape index (κ3) is 5.20. The van der Waals surface area contributed by atoms with E-state index in [4.69, 9.17) is 14.7 Å². The summed E-state index contributed by atoms with van der Waals surface area (Å²) >= 11 is 0. The average Bonchev–Trinajstić information content (AvgIpc) is 2.02. The third-order valence-electron chi connectivity index (χ3n) is 1.11. The molecule has 0 fully saturated rings. The van der Waals surface area contributed by atoms with Gasteiger partial charge in [-0.15, -0.1) is 0 Å². The Hall–Kier alpha value is -1.50. The second-order valence-corrected chi connectivity index (χ2v) is 3.60. The number of hydrogen-bond acceptors (Lipinski definition) is 4. The van der Waals surface area contributed by atoms with Gasteiger partial charge in [-0.2, -0.15) is 5.26 Å². The molecule has 0 saturated heterocycles. The summed E-state index contributed by atoms with van der Waals surface area (Å²) < 4.78 is 9.81. The minimum atomic E-state index is -0.659. The van der Waals surface area contributed by atoms with Crippen LogP contribution in [-0.2, 0) is 14.3 Å². The fraction of sp³-hybridized carbons (Fsp3) is 0.600. The van der Waals surface area contributed by atoms with E-state index in [1.165, 1.54) is 0 Å². The maximum atomic E-state index is 11.3. The highest BCUT2D eigenvalue weighted by Gasteiger charge is 2.19. The summed E-state index contributed by atoms with van der Waals surface area (Å²) in [7, 11) is 0. The monoisotopic (exact) mass is 197 g/mol. The van der Waals surface area contributed by atoms with Gasteiger partial charge in [0.2, 0.25) is 0 Å². The van der Waals surface area contributed by atoms with Crippen LogP contribution in [0.5, 0.6) is 0 Å². The molecule has 0 aliphatic carbocycles. The lowest BCUT2D eigenvalue weighted by atomic mass is 10.2. The maximum Gasteiger partial charge on any atom is 0.352 e. The van der Waals surface area contributed by atoms with Crippen LogP contribution >= 0.6 is 0 Å². The Morgan fingerprint density at radius 2 is 2.07 bits per heavy atom. The third-order valence-corrected chi connectivity index (χ3v) is 1.11. The Morgan fingerprint density at radius 1 is 1.50 bits per heavy atom. The van der Waals surface area contributed by atoms with Gasteiger partial charge >= 0.3 is 5.97 Å². The number of rotatable bonds is 3. The Morgan fingerprint density at radius 3 is 2.43 bits per heavy atom. The molecule has 4 heteroatoms. The van der Waals surface area contributed by atoms with Crippen molar-refractivity contribution < 1.29 is 14.3 Å². The second-order valence-electron chi connectivity index (χ2n) is 3.60.